The van der Waals surface area contributed by atoms with Gasteiger partial charge in [-0.2, -0.15) is 0 Å². The fourth-order valence-electron chi connectivity index (χ4n) is 1.14. The molecule has 0 spiro atoms. The Labute approximate surface area is 146 Å². The molecule has 2 aromatic rings. The summed E-state index contributed by atoms with van der Waals surface area (Å²) in [7, 11) is 0. The number of non-ortho nitro benzene ring substituents is 2. The van der Waals surface area contributed by atoms with Crippen LogP contribution in [0.25, 0.3) is 0 Å². The Hall–Kier alpha value is -2.47. The van der Waals surface area contributed by atoms with Gasteiger partial charge >= 0.3 is 23.1 Å². The number of nitro groups is 2. The van der Waals surface area contributed by atoms with E-state index in [0.29, 0.717) is 0 Å². The molecule has 0 bridgehead atoms. The van der Waals surface area contributed by atoms with Crippen molar-refractivity contribution >= 4 is 34.4 Å². The number of hydrogen-bond donors (Lipinski definition) is 0. The van der Waals surface area contributed by atoms with Crippen LogP contribution in [-0.2, 0) is 0 Å². The summed E-state index contributed by atoms with van der Waals surface area (Å²) in [5.41, 5.74) is -0.112. The van der Waals surface area contributed by atoms with Crippen LogP contribution < -0.4 is 10.2 Å². The van der Waals surface area contributed by atoms with Crippen LogP contribution >= 0.6 is 0 Å². The Kier molecular flexibility index (Phi) is 13.4. The van der Waals surface area contributed by atoms with Crippen molar-refractivity contribution in [3.05, 3.63) is 68.8 Å². The molecule has 11 heteroatoms. The van der Waals surface area contributed by atoms with Crippen molar-refractivity contribution in [3.8, 4) is 11.5 Å². The minimum Gasteiger partial charge on any atom is -0.872 e. The van der Waals surface area contributed by atoms with E-state index in [1.807, 2.05) is 0 Å². The molecule has 0 atom stereocenters. The molecule has 0 aliphatic heterocycles. The standard InChI is InChI=1S/2C6H5NO3.Mg.2H2O/c2*8-6-3-1-5(2-4-6)7(9)10;;;/h2*1-4,8H;;2*1H2/q;;+2;;/p-2. The van der Waals surface area contributed by atoms with Gasteiger partial charge in [-0.15, -0.1) is 11.5 Å². The van der Waals surface area contributed by atoms with E-state index in [1.54, 1.807) is 0 Å². The maximum absolute atomic E-state index is 10.4. The van der Waals surface area contributed by atoms with E-state index < -0.39 is 9.85 Å². The molecular formula is C12H12MgN2O8. The number of benzene rings is 2. The summed E-state index contributed by atoms with van der Waals surface area (Å²) in [5.74, 6) is -0.434. The Balaban J connectivity index is -0.000000308. The van der Waals surface area contributed by atoms with E-state index in [1.165, 1.54) is 24.3 Å². The van der Waals surface area contributed by atoms with Crippen LogP contribution in [0.3, 0.4) is 0 Å². The van der Waals surface area contributed by atoms with Gasteiger partial charge in [-0.05, 0) is 0 Å². The van der Waals surface area contributed by atoms with Gasteiger partial charge in [-0.1, -0.05) is 24.3 Å². The summed E-state index contributed by atoms with van der Waals surface area (Å²) in [6.07, 6.45) is 0. The van der Waals surface area contributed by atoms with Crippen LogP contribution in [0.4, 0.5) is 11.4 Å². The second kappa shape index (κ2) is 12.1. The maximum Gasteiger partial charge on any atom is 2.00 e. The number of hydrogen-bond acceptors (Lipinski definition) is 6. The van der Waals surface area contributed by atoms with E-state index in [4.69, 9.17) is 0 Å². The van der Waals surface area contributed by atoms with Crippen molar-refractivity contribution in [2.75, 3.05) is 0 Å². The average Bonchev–Trinajstić information content (AvgIpc) is 2.40. The number of rotatable bonds is 2. The van der Waals surface area contributed by atoms with E-state index >= 15 is 0 Å². The minimum absolute atomic E-state index is 0. The first-order valence-corrected chi connectivity index (χ1v) is 5.23. The van der Waals surface area contributed by atoms with Crippen LogP contribution in [-0.4, -0.2) is 43.9 Å². The first-order chi connectivity index (χ1) is 9.40. The van der Waals surface area contributed by atoms with Gasteiger partial charge in [0.15, 0.2) is 0 Å². The summed E-state index contributed by atoms with van der Waals surface area (Å²) in [5, 5.41) is 40.9. The van der Waals surface area contributed by atoms with Crippen LogP contribution in [0.5, 0.6) is 11.5 Å². The van der Waals surface area contributed by atoms with Gasteiger partial charge in [0.2, 0.25) is 0 Å². The largest absolute Gasteiger partial charge is 2.00 e. The molecule has 0 radical (unpaired) electrons. The maximum atomic E-state index is 10.4. The molecule has 120 valence electrons. The SMILES string of the molecule is O.O.O=[N+]([O-])c1ccc([O-])cc1.O=[N+]([O-])c1ccc([O-])cc1.[Mg+2]. The summed E-state index contributed by atoms with van der Waals surface area (Å²) in [6, 6.07) is 9.39. The van der Waals surface area contributed by atoms with Crippen molar-refractivity contribution in [2.24, 2.45) is 0 Å². The van der Waals surface area contributed by atoms with Crippen molar-refractivity contribution in [1.29, 1.82) is 0 Å². The van der Waals surface area contributed by atoms with Crippen LogP contribution in [0.2, 0.25) is 0 Å². The third-order valence-corrected chi connectivity index (χ3v) is 2.10. The Morgan fingerprint density at radius 2 is 0.826 bits per heavy atom. The molecule has 10 nitrogen and oxygen atoms in total. The van der Waals surface area contributed by atoms with Crippen molar-refractivity contribution in [2.45, 2.75) is 0 Å². The molecule has 0 unspecified atom stereocenters. The fraction of sp³-hybridized carbons (Fsp3) is 0. The van der Waals surface area contributed by atoms with Gasteiger partial charge in [-0.25, -0.2) is 0 Å². The van der Waals surface area contributed by atoms with E-state index in [9.17, 15) is 30.4 Å². The van der Waals surface area contributed by atoms with Gasteiger partial charge in [0, 0.05) is 24.3 Å². The quantitative estimate of drug-likeness (QED) is 0.394. The first-order valence-electron chi connectivity index (χ1n) is 5.23. The minimum atomic E-state index is -0.542. The van der Waals surface area contributed by atoms with Gasteiger partial charge in [0.05, 0.1) is 9.85 Å². The van der Waals surface area contributed by atoms with Gasteiger partial charge < -0.3 is 21.2 Å². The number of nitrogens with zero attached hydrogens (tertiary/aromatic N) is 2. The molecule has 4 N–H and O–H groups in total. The Morgan fingerprint density at radius 1 is 0.609 bits per heavy atom. The molecule has 0 saturated heterocycles. The third kappa shape index (κ3) is 9.20. The second-order valence-corrected chi connectivity index (χ2v) is 3.50. The Bertz CT molecular complexity index is 548. The molecule has 0 aliphatic carbocycles. The summed E-state index contributed by atoms with van der Waals surface area (Å²) in [6.45, 7) is 0. The van der Waals surface area contributed by atoms with Crippen molar-refractivity contribution < 1.29 is 31.0 Å². The summed E-state index contributed by atoms with van der Waals surface area (Å²) in [4.78, 5) is 18.9. The molecule has 0 amide bonds. The Morgan fingerprint density at radius 3 is 1.00 bits per heavy atom. The molecular weight excluding hydrogens is 324 g/mol. The smallest absolute Gasteiger partial charge is 0.872 e. The van der Waals surface area contributed by atoms with E-state index in [0.717, 1.165) is 24.3 Å². The zero-order valence-corrected chi connectivity index (χ0v) is 13.1. The second-order valence-electron chi connectivity index (χ2n) is 3.50. The molecule has 0 aromatic heterocycles. The van der Waals surface area contributed by atoms with Crippen LogP contribution in [0.15, 0.2) is 48.5 Å². The number of nitro benzene ring substituents is 2. The van der Waals surface area contributed by atoms with Gasteiger partial charge in [0.1, 0.15) is 0 Å². The monoisotopic (exact) mass is 336 g/mol. The molecule has 0 fully saturated rings. The molecule has 2 aromatic carbocycles. The van der Waals surface area contributed by atoms with Crippen LogP contribution in [0, 0.1) is 20.2 Å². The molecule has 23 heavy (non-hydrogen) atoms. The van der Waals surface area contributed by atoms with Crippen LogP contribution in [0.1, 0.15) is 0 Å². The van der Waals surface area contributed by atoms with E-state index in [-0.39, 0.29) is 56.9 Å². The molecule has 2 rings (SSSR count). The van der Waals surface area contributed by atoms with E-state index in [2.05, 4.69) is 0 Å². The predicted octanol–water partition coefficient (Wildman–Crippen LogP) is -0.693. The first kappa shape index (κ1) is 25.5. The normalized spacial score (nSPS) is 8.00. The zero-order valence-electron chi connectivity index (χ0n) is 11.7. The van der Waals surface area contributed by atoms with Crippen molar-refractivity contribution in [3.63, 3.8) is 0 Å². The van der Waals surface area contributed by atoms with Crippen molar-refractivity contribution in [1.82, 2.24) is 0 Å². The molecule has 0 saturated carbocycles. The topological polar surface area (TPSA) is 195 Å². The summed E-state index contributed by atoms with van der Waals surface area (Å²) >= 11 is 0. The molecule has 0 aliphatic rings. The third-order valence-electron chi connectivity index (χ3n) is 2.10. The zero-order chi connectivity index (χ0) is 15.1. The fourth-order valence-corrected chi connectivity index (χ4v) is 1.14. The summed E-state index contributed by atoms with van der Waals surface area (Å²) < 4.78 is 0. The molecule has 0 heterocycles. The van der Waals surface area contributed by atoms with Gasteiger partial charge in [0.25, 0.3) is 11.4 Å². The van der Waals surface area contributed by atoms with Gasteiger partial charge in [-0.3, -0.25) is 20.2 Å². The average molecular weight is 337 g/mol. The predicted molar refractivity (Wildman–Crippen MR) is 78.1 cm³/mol.